The molecule has 1 aromatic carbocycles. The van der Waals surface area contributed by atoms with Crippen LogP contribution in [0.2, 0.25) is 0 Å². The molecular formula is C37H72N6O7. The van der Waals surface area contributed by atoms with Gasteiger partial charge in [-0.3, -0.25) is 28.9 Å². The van der Waals surface area contributed by atoms with Gasteiger partial charge in [0.2, 0.25) is 30.5 Å². The number of likely N-dealkylation sites (tertiary alicyclic amines) is 1. The van der Waals surface area contributed by atoms with Crippen LogP contribution in [0.25, 0.3) is 0 Å². The summed E-state index contributed by atoms with van der Waals surface area (Å²) < 4.78 is 4.97. The summed E-state index contributed by atoms with van der Waals surface area (Å²) >= 11 is 0. The molecule has 13 nitrogen and oxygen atoms in total. The van der Waals surface area contributed by atoms with Crippen LogP contribution >= 0.6 is 0 Å². The van der Waals surface area contributed by atoms with Crippen molar-refractivity contribution in [2.45, 2.75) is 126 Å². The predicted molar refractivity (Wildman–Crippen MR) is 205 cm³/mol. The van der Waals surface area contributed by atoms with E-state index >= 15 is 0 Å². The second-order valence-corrected chi connectivity index (χ2v) is 13.2. The lowest BCUT2D eigenvalue weighted by atomic mass is 9.88. The Morgan fingerprint density at radius 1 is 0.920 bits per heavy atom. The molecule has 1 aromatic rings. The third kappa shape index (κ3) is 37.1. The number of rotatable bonds is 12. The number of hydrogen-bond donors (Lipinski definition) is 5. The topological polar surface area (TPSA) is 231 Å². The van der Waals surface area contributed by atoms with E-state index in [4.69, 9.17) is 20.1 Å². The molecule has 292 valence electrons. The van der Waals surface area contributed by atoms with Gasteiger partial charge in [0.05, 0.1) is 12.1 Å². The molecule has 1 saturated heterocycles. The molecule has 2 rings (SSSR count). The predicted octanol–water partition coefficient (Wildman–Crippen LogP) is 4.72. The highest BCUT2D eigenvalue weighted by atomic mass is 16.5. The van der Waals surface area contributed by atoms with Gasteiger partial charge in [-0.05, 0) is 82.2 Å². The number of hydrogen-bond acceptors (Lipinski definition) is 9. The molecule has 0 saturated carbocycles. The summed E-state index contributed by atoms with van der Waals surface area (Å²) in [6.07, 6.45) is 8.73. The Hall–Kier alpha value is -3.68. The molecular weight excluding hydrogens is 640 g/mol. The lowest BCUT2D eigenvalue weighted by Gasteiger charge is -2.32. The summed E-state index contributed by atoms with van der Waals surface area (Å²) in [4.78, 5) is 62.5. The molecule has 1 aliphatic rings. The number of amides is 5. The minimum absolute atomic E-state index is 0.0907. The normalized spacial score (nSPS) is 11.4. The Labute approximate surface area is 303 Å². The van der Waals surface area contributed by atoms with E-state index in [0.29, 0.717) is 37.2 Å². The van der Waals surface area contributed by atoms with Crippen molar-refractivity contribution in [2.24, 2.45) is 34.3 Å². The van der Waals surface area contributed by atoms with Crippen LogP contribution in [0.1, 0.15) is 119 Å². The van der Waals surface area contributed by atoms with E-state index in [2.05, 4.69) is 83.1 Å². The summed E-state index contributed by atoms with van der Waals surface area (Å²) in [7, 11) is 3.06. The number of unbranched alkanes of at least 4 members (excludes halogenated alkanes) is 2. The maximum atomic E-state index is 11.7. The van der Waals surface area contributed by atoms with Gasteiger partial charge in [0, 0.05) is 38.5 Å². The molecule has 0 aromatic heterocycles. The van der Waals surface area contributed by atoms with Crippen molar-refractivity contribution < 1.29 is 33.5 Å². The van der Waals surface area contributed by atoms with Crippen LogP contribution in [0.15, 0.2) is 24.3 Å². The fourth-order valence-corrected chi connectivity index (χ4v) is 3.92. The Bertz CT molecular complexity index is 971. The minimum Gasteiger partial charge on any atom is -0.382 e. The van der Waals surface area contributed by atoms with Crippen LogP contribution in [0.5, 0.6) is 0 Å². The fourth-order valence-electron chi connectivity index (χ4n) is 3.92. The molecule has 13 heteroatoms. The van der Waals surface area contributed by atoms with Crippen molar-refractivity contribution in [3.63, 3.8) is 0 Å². The summed E-state index contributed by atoms with van der Waals surface area (Å²) in [6, 6.07) is 8.19. The van der Waals surface area contributed by atoms with Crippen LogP contribution < -0.4 is 28.3 Å². The van der Waals surface area contributed by atoms with E-state index < -0.39 is 5.54 Å². The summed E-state index contributed by atoms with van der Waals surface area (Å²) in [6.45, 7) is 19.9. The first-order valence-corrected chi connectivity index (χ1v) is 17.2. The number of nitrogens with one attached hydrogen (secondary N) is 1. The second kappa shape index (κ2) is 36.6. The number of aldehydes is 1. The number of ether oxygens (including phenoxy) is 1. The maximum Gasteiger partial charge on any atom is 0.230 e. The number of primary amides is 2. The maximum absolute atomic E-state index is 11.7. The number of nitrogens with zero attached hydrogens (tertiary/aromatic N) is 1. The number of nitrogens with two attached hydrogens (primary N) is 4. The lowest BCUT2D eigenvalue weighted by molar-refractivity contribution is -0.146. The Kier molecular flexibility index (Phi) is 40.8. The standard InChI is InChI=1S/C17H27NO.C9H15NO3.C5H10O.C3H9N.2CH3NO.CH5N/c1-13(2)6-11-16(19)18-15-9-7-14(8-10-15)12-17(3,4)5;1-9(2,6-13-3)10-7(11)4-5-8(10)12;1-2-3-4-5-6;1-2-3-4;2*2-1-3;1-2/h7-10,13H,6,11-12H2,1-5H3,(H,18,19);4-6H2,1-3H3;5H,2-4H2,1H3;2-4H2,1H3;2*1H,(H2,2,3);2H2,1H3. The van der Waals surface area contributed by atoms with Crippen LogP contribution in [0, 0.1) is 11.3 Å². The van der Waals surface area contributed by atoms with E-state index in [1.54, 1.807) is 7.11 Å². The van der Waals surface area contributed by atoms with Crippen LogP contribution in [-0.4, -0.2) is 74.6 Å². The van der Waals surface area contributed by atoms with Crippen molar-refractivity contribution in [1.82, 2.24) is 4.90 Å². The quantitative estimate of drug-likeness (QED) is 0.114. The molecule has 5 amide bonds. The van der Waals surface area contributed by atoms with Crippen LogP contribution in [0.4, 0.5) is 5.69 Å². The van der Waals surface area contributed by atoms with Gasteiger partial charge in [0.15, 0.2) is 0 Å². The van der Waals surface area contributed by atoms with Crippen molar-refractivity contribution in [3.05, 3.63) is 29.8 Å². The van der Waals surface area contributed by atoms with Crippen molar-refractivity contribution in [2.75, 3.05) is 32.6 Å². The van der Waals surface area contributed by atoms with E-state index in [1.807, 2.05) is 26.0 Å². The molecule has 0 aliphatic carbocycles. The number of anilines is 1. The third-order valence-corrected chi connectivity index (χ3v) is 6.04. The highest BCUT2D eigenvalue weighted by Gasteiger charge is 2.39. The Morgan fingerprint density at radius 3 is 1.66 bits per heavy atom. The third-order valence-electron chi connectivity index (χ3n) is 6.04. The molecule has 1 fully saturated rings. The average Bonchev–Trinajstić information content (AvgIpc) is 3.40. The summed E-state index contributed by atoms with van der Waals surface area (Å²) in [5.74, 6) is 0.497. The molecule has 9 N–H and O–H groups in total. The first-order valence-electron chi connectivity index (χ1n) is 17.2. The smallest absolute Gasteiger partial charge is 0.230 e. The van der Waals surface area contributed by atoms with Gasteiger partial charge >= 0.3 is 0 Å². The van der Waals surface area contributed by atoms with Crippen molar-refractivity contribution in [3.8, 4) is 0 Å². The molecule has 50 heavy (non-hydrogen) atoms. The highest BCUT2D eigenvalue weighted by Crippen LogP contribution is 2.24. The minimum atomic E-state index is -0.514. The van der Waals surface area contributed by atoms with Gasteiger partial charge in [-0.25, -0.2) is 0 Å². The molecule has 0 atom stereocenters. The van der Waals surface area contributed by atoms with Gasteiger partial charge in [-0.1, -0.05) is 67.0 Å². The average molecular weight is 713 g/mol. The number of carbonyl (C=O) groups is 6. The van der Waals surface area contributed by atoms with E-state index in [0.717, 1.165) is 57.0 Å². The monoisotopic (exact) mass is 713 g/mol. The second-order valence-electron chi connectivity index (χ2n) is 13.2. The Morgan fingerprint density at radius 2 is 1.36 bits per heavy atom. The van der Waals surface area contributed by atoms with E-state index in [9.17, 15) is 19.2 Å². The highest BCUT2D eigenvalue weighted by molar-refractivity contribution is 6.02. The van der Waals surface area contributed by atoms with Gasteiger partial charge in [-0.15, -0.1) is 0 Å². The van der Waals surface area contributed by atoms with Crippen molar-refractivity contribution in [1.29, 1.82) is 0 Å². The number of benzene rings is 1. The van der Waals surface area contributed by atoms with E-state index in [-0.39, 0.29) is 30.5 Å². The SMILES string of the molecule is CC(C)CCC(=O)Nc1ccc(CC(C)(C)C)cc1.CCCCC=O.CCCN.CN.COCC(C)(C)N1C(=O)CCC1=O.NC=O.NC=O. The van der Waals surface area contributed by atoms with Crippen LogP contribution in [0.3, 0.4) is 0 Å². The molecule has 0 spiro atoms. The van der Waals surface area contributed by atoms with Gasteiger partial charge in [0.1, 0.15) is 6.29 Å². The zero-order chi connectivity index (χ0) is 40.2. The first-order chi connectivity index (χ1) is 23.4. The van der Waals surface area contributed by atoms with E-state index in [1.165, 1.54) is 17.5 Å². The number of carbonyl (C=O) groups excluding carboxylic acids is 6. The molecule has 0 bridgehead atoms. The van der Waals surface area contributed by atoms with Gasteiger partial charge in [-0.2, -0.15) is 0 Å². The largest absolute Gasteiger partial charge is 0.382 e. The van der Waals surface area contributed by atoms with Gasteiger partial charge < -0.3 is 37.8 Å². The molecule has 0 radical (unpaired) electrons. The lowest BCUT2D eigenvalue weighted by Crippen LogP contribution is -2.50. The summed E-state index contributed by atoms with van der Waals surface area (Å²) in [5.41, 5.74) is 19.8. The zero-order valence-electron chi connectivity index (χ0n) is 33.0. The number of methoxy groups -OCH3 is 1. The zero-order valence-corrected chi connectivity index (χ0v) is 33.0. The molecule has 1 aliphatic heterocycles. The number of imide groups is 1. The van der Waals surface area contributed by atoms with Crippen LogP contribution in [-0.2, 0) is 39.9 Å². The first kappa shape index (κ1) is 55.7. The Balaban J connectivity index is -0.000000187. The molecule has 1 heterocycles. The van der Waals surface area contributed by atoms with Gasteiger partial charge in [0.25, 0.3) is 0 Å². The summed E-state index contributed by atoms with van der Waals surface area (Å²) in [5, 5.41) is 2.95. The fraction of sp³-hybridized carbons (Fsp3) is 0.676. The molecule has 0 unspecified atom stereocenters. The van der Waals surface area contributed by atoms with Crippen molar-refractivity contribution >= 4 is 42.5 Å².